The second kappa shape index (κ2) is 7.49. The molecule has 106 valence electrons. The molecule has 3 nitrogen and oxygen atoms in total. The standard InChI is InChI=1S/C16H26N2O/c1-3-18-16(13-8-6-5-7-9-13)14-10-15(19-4-2)12-17-11-14/h10-13,16,18H,3-9H2,1-2H3. The molecular weight excluding hydrogens is 236 g/mol. The summed E-state index contributed by atoms with van der Waals surface area (Å²) in [5, 5.41) is 3.64. The van der Waals surface area contributed by atoms with Crippen LogP contribution in [0.3, 0.4) is 0 Å². The minimum atomic E-state index is 0.429. The largest absolute Gasteiger partial charge is 0.492 e. The summed E-state index contributed by atoms with van der Waals surface area (Å²) in [6, 6.07) is 2.58. The van der Waals surface area contributed by atoms with E-state index in [-0.39, 0.29) is 0 Å². The van der Waals surface area contributed by atoms with E-state index in [1.54, 1.807) is 6.20 Å². The second-order valence-electron chi connectivity index (χ2n) is 5.32. The van der Waals surface area contributed by atoms with Crippen LogP contribution in [0.4, 0.5) is 0 Å². The Morgan fingerprint density at radius 2 is 2.05 bits per heavy atom. The summed E-state index contributed by atoms with van der Waals surface area (Å²) in [6.07, 6.45) is 10.6. The summed E-state index contributed by atoms with van der Waals surface area (Å²) in [5.41, 5.74) is 1.28. The Labute approximate surface area is 116 Å². The lowest BCUT2D eigenvalue weighted by Gasteiger charge is -2.31. The molecule has 1 unspecified atom stereocenters. The topological polar surface area (TPSA) is 34.2 Å². The fourth-order valence-electron chi connectivity index (χ4n) is 3.10. The molecule has 1 heterocycles. The third kappa shape index (κ3) is 3.93. The minimum Gasteiger partial charge on any atom is -0.492 e. The van der Waals surface area contributed by atoms with Crippen LogP contribution >= 0.6 is 0 Å². The van der Waals surface area contributed by atoms with Gasteiger partial charge in [0.05, 0.1) is 12.8 Å². The number of hydrogen-bond acceptors (Lipinski definition) is 3. The van der Waals surface area contributed by atoms with Crippen LogP contribution in [0.5, 0.6) is 5.75 Å². The van der Waals surface area contributed by atoms with Crippen molar-refractivity contribution < 1.29 is 4.74 Å². The summed E-state index contributed by atoms with van der Waals surface area (Å²) in [4.78, 5) is 4.34. The Bertz CT molecular complexity index is 375. The molecule has 2 rings (SSSR count). The van der Waals surface area contributed by atoms with Gasteiger partial charge in [-0.3, -0.25) is 4.98 Å². The predicted molar refractivity (Wildman–Crippen MR) is 78.4 cm³/mol. The highest BCUT2D eigenvalue weighted by Gasteiger charge is 2.24. The number of rotatable bonds is 6. The van der Waals surface area contributed by atoms with Gasteiger partial charge in [-0.2, -0.15) is 0 Å². The first kappa shape index (κ1) is 14.3. The number of pyridine rings is 1. The van der Waals surface area contributed by atoms with Gasteiger partial charge >= 0.3 is 0 Å². The molecule has 0 aromatic carbocycles. The zero-order valence-electron chi connectivity index (χ0n) is 12.2. The monoisotopic (exact) mass is 262 g/mol. The van der Waals surface area contributed by atoms with Gasteiger partial charge in [-0.25, -0.2) is 0 Å². The first-order chi connectivity index (χ1) is 9.35. The van der Waals surface area contributed by atoms with Crippen LogP contribution in [0.1, 0.15) is 57.6 Å². The first-order valence-corrected chi connectivity index (χ1v) is 7.66. The maximum Gasteiger partial charge on any atom is 0.137 e. The number of nitrogens with zero attached hydrogens (tertiary/aromatic N) is 1. The van der Waals surface area contributed by atoms with Gasteiger partial charge in [0.1, 0.15) is 5.75 Å². The van der Waals surface area contributed by atoms with Gasteiger partial charge in [-0.1, -0.05) is 26.2 Å². The van der Waals surface area contributed by atoms with Crippen LogP contribution < -0.4 is 10.1 Å². The minimum absolute atomic E-state index is 0.429. The Balaban J connectivity index is 2.14. The molecule has 3 heteroatoms. The second-order valence-corrected chi connectivity index (χ2v) is 5.32. The van der Waals surface area contributed by atoms with Gasteiger partial charge in [0.2, 0.25) is 0 Å². The van der Waals surface area contributed by atoms with E-state index in [9.17, 15) is 0 Å². The van der Waals surface area contributed by atoms with Gasteiger partial charge in [0.25, 0.3) is 0 Å². The van der Waals surface area contributed by atoms with Crippen LogP contribution in [0.25, 0.3) is 0 Å². The number of aromatic nitrogens is 1. The Morgan fingerprint density at radius 1 is 1.26 bits per heavy atom. The highest BCUT2D eigenvalue weighted by molar-refractivity contribution is 5.26. The van der Waals surface area contributed by atoms with Crippen molar-refractivity contribution in [2.75, 3.05) is 13.2 Å². The molecule has 1 atom stereocenters. The zero-order valence-corrected chi connectivity index (χ0v) is 12.2. The van der Waals surface area contributed by atoms with Crippen LogP contribution in [0.15, 0.2) is 18.5 Å². The molecule has 1 N–H and O–H groups in total. The van der Waals surface area contributed by atoms with Gasteiger partial charge < -0.3 is 10.1 Å². The van der Waals surface area contributed by atoms with Crippen molar-refractivity contribution in [1.82, 2.24) is 10.3 Å². The molecule has 1 aliphatic carbocycles. The summed E-state index contributed by atoms with van der Waals surface area (Å²) in [7, 11) is 0. The van der Waals surface area contributed by atoms with Gasteiger partial charge in [-0.05, 0) is 43.9 Å². The molecule has 1 aromatic heterocycles. The number of ether oxygens (including phenoxy) is 1. The fourth-order valence-corrected chi connectivity index (χ4v) is 3.10. The molecule has 1 aliphatic rings. The molecule has 0 bridgehead atoms. The zero-order chi connectivity index (χ0) is 13.5. The normalized spacial score (nSPS) is 18.2. The van der Waals surface area contributed by atoms with Gasteiger partial charge in [0.15, 0.2) is 0 Å². The van der Waals surface area contributed by atoms with E-state index in [0.717, 1.165) is 18.2 Å². The molecule has 1 saturated carbocycles. The third-order valence-electron chi connectivity index (χ3n) is 3.95. The van der Waals surface area contributed by atoms with Crippen molar-refractivity contribution in [3.05, 3.63) is 24.0 Å². The molecule has 0 amide bonds. The van der Waals surface area contributed by atoms with Crippen LogP contribution in [0, 0.1) is 5.92 Å². The average Bonchev–Trinajstić information content (AvgIpc) is 2.46. The highest BCUT2D eigenvalue weighted by atomic mass is 16.5. The molecule has 0 aliphatic heterocycles. The van der Waals surface area contributed by atoms with Crippen molar-refractivity contribution in [3.8, 4) is 5.75 Å². The Morgan fingerprint density at radius 3 is 2.74 bits per heavy atom. The third-order valence-corrected chi connectivity index (χ3v) is 3.95. The number of nitrogens with one attached hydrogen (secondary N) is 1. The van der Waals surface area contributed by atoms with E-state index in [1.807, 2.05) is 13.1 Å². The molecule has 19 heavy (non-hydrogen) atoms. The Kier molecular flexibility index (Phi) is 5.64. The predicted octanol–water partition coefficient (Wildman–Crippen LogP) is 3.71. The molecule has 1 fully saturated rings. The van der Waals surface area contributed by atoms with Crippen LogP contribution in [-0.2, 0) is 0 Å². The van der Waals surface area contributed by atoms with Gasteiger partial charge in [0, 0.05) is 12.2 Å². The summed E-state index contributed by atoms with van der Waals surface area (Å²) < 4.78 is 5.57. The maximum absolute atomic E-state index is 5.57. The lowest BCUT2D eigenvalue weighted by atomic mass is 9.81. The fraction of sp³-hybridized carbons (Fsp3) is 0.688. The van der Waals surface area contributed by atoms with E-state index in [0.29, 0.717) is 12.6 Å². The molecular formula is C16H26N2O. The van der Waals surface area contributed by atoms with E-state index >= 15 is 0 Å². The average molecular weight is 262 g/mol. The van der Waals surface area contributed by atoms with Crippen LogP contribution in [-0.4, -0.2) is 18.1 Å². The molecule has 0 spiro atoms. The highest BCUT2D eigenvalue weighted by Crippen LogP contribution is 2.34. The van der Waals surface area contributed by atoms with Crippen molar-refractivity contribution in [1.29, 1.82) is 0 Å². The summed E-state index contributed by atoms with van der Waals surface area (Å²) in [5.74, 6) is 1.63. The van der Waals surface area contributed by atoms with Crippen LogP contribution in [0.2, 0.25) is 0 Å². The van der Waals surface area contributed by atoms with Crippen molar-refractivity contribution in [2.45, 2.75) is 52.0 Å². The number of hydrogen-bond donors (Lipinski definition) is 1. The Hall–Kier alpha value is -1.09. The smallest absolute Gasteiger partial charge is 0.137 e. The summed E-state index contributed by atoms with van der Waals surface area (Å²) >= 11 is 0. The first-order valence-electron chi connectivity index (χ1n) is 7.66. The van der Waals surface area contributed by atoms with E-state index in [1.165, 1.54) is 37.7 Å². The summed E-state index contributed by atoms with van der Waals surface area (Å²) in [6.45, 7) is 5.88. The molecule has 1 aromatic rings. The van der Waals surface area contributed by atoms with Gasteiger partial charge in [-0.15, -0.1) is 0 Å². The lowest BCUT2D eigenvalue weighted by Crippen LogP contribution is -2.29. The maximum atomic E-state index is 5.57. The quantitative estimate of drug-likeness (QED) is 0.848. The molecule has 0 radical (unpaired) electrons. The van der Waals surface area contributed by atoms with E-state index in [4.69, 9.17) is 4.74 Å². The van der Waals surface area contributed by atoms with Crippen molar-refractivity contribution in [2.24, 2.45) is 5.92 Å². The lowest BCUT2D eigenvalue weighted by molar-refractivity contribution is 0.272. The van der Waals surface area contributed by atoms with E-state index in [2.05, 4.69) is 23.3 Å². The van der Waals surface area contributed by atoms with Crippen molar-refractivity contribution >= 4 is 0 Å². The van der Waals surface area contributed by atoms with Crippen molar-refractivity contribution in [3.63, 3.8) is 0 Å². The van der Waals surface area contributed by atoms with E-state index < -0.39 is 0 Å². The molecule has 0 saturated heterocycles. The SMILES string of the molecule is CCNC(c1cncc(OCC)c1)C1CCCCC1.